The maximum Gasteiger partial charge on any atom is 0.231 e. The molecule has 0 aliphatic carbocycles. The topological polar surface area (TPSA) is 51.1 Å². The van der Waals surface area contributed by atoms with Crippen LogP contribution in [0.15, 0.2) is 36.5 Å². The first-order valence-electron chi connectivity index (χ1n) is 9.69. The Morgan fingerprint density at radius 2 is 1.96 bits per heavy atom. The van der Waals surface area contributed by atoms with Crippen LogP contribution in [0.1, 0.15) is 29.1 Å². The van der Waals surface area contributed by atoms with Gasteiger partial charge in [0, 0.05) is 16.5 Å². The van der Waals surface area contributed by atoms with E-state index >= 15 is 0 Å². The summed E-state index contributed by atoms with van der Waals surface area (Å²) < 4.78 is 6.31. The highest BCUT2D eigenvalue weighted by atomic mass is 32.1. The fourth-order valence-corrected chi connectivity index (χ4v) is 4.81. The van der Waals surface area contributed by atoms with E-state index in [1.807, 2.05) is 30.3 Å². The Morgan fingerprint density at radius 1 is 1.11 bits per heavy atom. The Bertz CT molecular complexity index is 1160. The minimum Gasteiger partial charge on any atom is -0.438 e. The Labute approximate surface area is 168 Å². The number of likely N-dealkylation sites (tertiary alicyclic amines) is 1. The van der Waals surface area contributed by atoms with Gasteiger partial charge in [0.15, 0.2) is 0 Å². The third-order valence-corrected chi connectivity index (χ3v) is 6.50. The first-order chi connectivity index (χ1) is 13.7. The Balaban J connectivity index is 1.56. The number of nitrogens with zero attached hydrogens (tertiary/aromatic N) is 4. The van der Waals surface area contributed by atoms with Crippen molar-refractivity contribution in [3.8, 4) is 11.6 Å². The number of ether oxygens (including phenoxy) is 1. The average Bonchev–Trinajstić information content (AvgIpc) is 3.30. The molecule has 5 rings (SSSR count). The lowest BCUT2D eigenvalue weighted by Crippen LogP contribution is -2.20. The molecule has 1 aromatic carbocycles. The van der Waals surface area contributed by atoms with Gasteiger partial charge in [-0.3, -0.25) is 9.88 Å². The molecule has 0 spiro atoms. The lowest BCUT2D eigenvalue weighted by Gasteiger charge is -2.14. The summed E-state index contributed by atoms with van der Waals surface area (Å²) in [5.41, 5.74) is 2.16. The van der Waals surface area contributed by atoms with E-state index in [0.29, 0.717) is 5.88 Å². The molecule has 0 amide bonds. The molecular formula is C22H22N4OS. The zero-order chi connectivity index (χ0) is 19.1. The summed E-state index contributed by atoms with van der Waals surface area (Å²) in [6.45, 7) is 7.28. The van der Waals surface area contributed by atoms with Crippen molar-refractivity contribution < 1.29 is 4.74 Å². The van der Waals surface area contributed by atoms with E-state index in [4.69, 9.17) is 14.7 Å². The highest BCUT2D eigenvalue weighted by molar-refractivity contribution is 7.18. The Morgan fingerprint density at radius 3 is 2.82 bits per heavy atom. The molecule has 0 bridgehead atoms. The van der Waals surface area contributed by atoms with Crippen LogP contribution in [-0.2, 0) is 6.54 Å². The minimum absolute atomic E-state index is 0.657. The predicted molar refractivity (Wildman–Crippen MR) is 113 cm³/mol. The Kier molecular flexibility index (Phi) is 4.45. The van der Waals surface area contributed by atoms with Crippen molar-refractivity contribution in [2.24, 2.45) is 0 Å². The monoisotopic (exact) mass is 390 g/mol. The van der Waals surface area contributed by atoms with Crippen molar-refractivity contribution in [1.82, 2.24) is 19.9 Å². The summed E-state index contributed by atoms with van der Waals surface area (Å²) in [4.78, 5) is 18.7. The highest BCUT2D eigenvalue weighted by Crippen LogP contribution is 2.37. The van der Waals surface area contributed by atoms with Gasteiger partial charge in [0.25, 0.3) is 0 Å². The molecule has 0 N–H and O–H groups in total. The number of fused-ring (bicyclic) bond motifs is 2. The lowest BCUT2D eigenvalue weighted by molar-refractivity contribution is 0.321. The summed E-state index contributed by atoms with van der Waals surface area (Å²) in [5, 5.41) is 2.08. The van der Waals surface area contributed by atoms with Crippen molar-refractivity contribution in [2.45, 2.75) is 33.2 Å². The molecule has 6 heteroatoms. The standard InChI is InChI=1S/C22H22N4OS/c1-14-15(2)28-22-20(14)21(24-19(25-22)13-26-10-3-4-11-26)27-17-7-8-18-16(12-17)6-5-9-23-18/h5-9,12H,3-4,10-11,13H2,1-2H3. The first kappa shape index (κ1) is 17.5. The fourth-order valence-electron chi connectivity index (χ4n) is 3.77. The van der Waals surface area contributed by atoms with Crippen LogP contribution in [0.4, 0.5) is 0 Å². The molecule has 3 aromatic heterocycles. The molecule has 28 heavy (non-hydrogen) atoms. The predicted octanol–water partition coefficient (Wildman–Crippen LogP) is 5.24. The van der Waals surface area contributed by atoms with Gasteiger partial charge in [-0.05, 0) is 69.6 Å². The van der Waals surface area contributed by atoms with E-state index in [1.165, 1.54) is 23.3 Å². The first-order valence-corrected chi connectivity index (χ1v) is 10.5. The van der Waals surface area contributed by atoms with Crippen molar-refractivity contribution in [2.75, 3.05) is 13.1 Å². The van der Waals surface area contributed by atoms with Gasteiger partial charge < -0.3 is 4.74 Å². The highest BCUT2D eigenvalue weighted by Gasteiger charge is 2.19. The molecule has 1 aliphatic heterocycles. The molecule has 1 aliphatic rings. The summed E-state index contributed by atoms with van der Waals surface area (Å²) in [6, 6.07) is 9.95. The maximum absolute atomic E-state index is 6.31. The number of aromatic nitrogens is 3. The van der Waals surface area contributed by atoms with Gasteiger partial charge in [0.1, 0.15) is 16.4 Å². The summed E-state index contributed by atoms with van der Waals surface area (Å²) in [7, 11) is 0. The molecule has 0 unspecified atom stereocenters. The van der Waals surface area contributed by atoms with Gasteiger partial charge in [0.2, 0.25) is 5.88 Å². The molecule has 5 nitrogen and oxygen atoms in total. The average molecular weight is 391 g/mol. The summed E-state index contributed by atoms with van der Waals surface area (Å²) in [6.07, 6.45) is 4.32. The third-order valence-electron chi connectivity index (χ3n) is 5.39. The summed E-state index contributed by atoms with van der Waals surface area (Å²) in [5.74, 6) is 2.27. The molecule has 4 heterocycles. The van der Waals surface area contributed by atoms with E-state index in [1.54, 1.807) is 17.5 Å². The number of hydrogen-bond acceptors (Lipinski definition) is 6. The number of hydrogen-bond donors (Lipinski definition) is 0. The molecule has 0 radical (unpaired) electrons. The van der Waals surface area contributed by atoms with Gasteiger partial charge in [-0.1, -0.05) is 6.07 Å². The van der Waals surface area contributed by atoms with Crippen LogP contribution in [-0.4, -0.2) is 32.9 Å². The largest absolute Gasteiger partial charge is 0.438 e. The number of thiophene rings is 1. The van der Waals surface area contributed by atoms with Crippen LogP contribution in [0, 0.1) is 13.8 Å². The zero-order valence-corrected chi connectivity index (χ0v) is 16.9. The molecule has 1 saturated heterocycles. The molecule has 142 valence electrons. The van der Waals surface area contributed by atoms with Gasteiger partial charge in [-0.25, -0.2) is 4.98 Å². The quantitative estimate of drug-likeness (QED) is 0.477. The normalized spacial score (nSPS) is 14.9. The van der Waals surface area contributed by atoms with Gasteiger partial charge in [-0.15, -0.1) is 11.3 Å². The molecule has 0 saturated carbocycles. The molecule has 0 atom stereocenters. The van der Waals surface area contributed by atoms with Crippen LogP contribution < -0.4 is 4.74 Å². The van der Waals surface area contributed by atoms with E-state index < -0.39 is 0 Å². The smallest absolute Gasteiger partial charge is 0.231 e. The number of rotatable bonds is 4. The van der Waals surface area contributed by atoms with Crippen LogP contribution in [0.25, 0.3) is 21.1 Å². The fraction of sp³-hybridized carbons (Fsp3) is 0.318. The van der Waals surface area contributed by atoms with Crippen LogP contribution >= 0.6 is 11.3 Å². The SMILES string of the molecule is Cc1sc2nc(CN3CCCC3)nc(Oc3ccc4ncccc4c3)c2c1C. The number of aryl methyl sites for hydroxylation is 2. The summed E-state index contributed by atoms with van der Waals surface area (Å²) >= 11 is 1.72. The zero-order valence-electron chi connectivity index (χ0n) is 16.1. The lowest BCUT2D eigenvalue weighted by atomic mass is 10.2. The molecule has 4 aromatic rings. The van der Waals surface area contributed by atoms with Gasteiger partial charge >= 0.3 is 0 Å². The number of benzene rings is 1. The Hall–Kier alpha value is -2.57. The van der Waals surface area contributed by atoms with E-state index in [0.717, 1.165) is 52.3 Å². The van der Waals surface area contributed by atoms with E-state index in [-0.39, 0.29) is 0 Å². The van der Waals surface area contributed by atoms with E-state index in [2.05, 4.69) is 23.7 Å². The van der Waals surface area contributed by atoms with E-state index in [9.17, 15) is 0 Å². The van der Waals surface area contributed by atoms with Crippen molar-refractivity contribution in [3.63, 3.8) is 0 Å². The third kappa shape index (κ3) is 3.23. The van der Waals surface area contributed by atoms with Crippen LogP contribution in [0.5, 0.6) is 11.6 Å². The second-order valence-corrected chi connectivity index (χ2v) is 8.55. The second kappa shape index (κ2) is 7.11. The van der Waals surface area contributed by atoms with Gasteiger partial charge in [0.05, 0.1) is 17.4 Å². The molecular weight excluding hydrogens is 368 g/mol. The molecule has 1 fully saturated rings. The van der Waals surface area contributed by atoms with Crippen LogP contribution in [0.2, 0.25) is 0 Å². The second-order valence-electron chi connectivity index (χ2n) is 7.35. The van der Waals surface area contributed by atoms with Crippen molar-refractivity contribution in [1.29, 1.82) is 0 Å². The number of pyridine rings is 1. The van der Waals surface area contributed by atoms with Gasteiger partial charge in [-0.2, -0.15) is 4.98 Å². The van der Waals surface area contributed by atoms with Crippen molar-refractivity contribution in [3.05, 3.63) is 52.8 Å². The van der Waals surface area contributed by atoms with Crippen LogP contribution in [0.3, 0.4) is 0 Å². The van der Waals surface area contributed by atoms with Crippen molar-refractivity contribution >= 4 is 32.5 Å². The minimum atomic E-state index is 0.657. The maximum atomic E-state index is 6.31.